The number of fused-ring (bicyclic) bond motifs is 1. The molecule has 4 heterocycles. The minimum absolute atomic E-state index is 0.0710. The molecule has 4 aromatic rings. The first-order chi connectivity index (χ1) is 13.8. The molecular weight excluding hydrogens is 350 g/mol. The van der Waals surface area contributed by atoms with Crippen LogP contribution in [0, 0.1) is 0 Å². The largest absolute Gasteiger partial charge is 0.336 e. The zero-order valence-corrected chi connectivity index (χ0v) is 15.3. The van der Waals surface area contributed by atoms with E-state index in [4.69, 9.17) is 0 Å². The summed E-state index contributed by atoms with van der Waals surface area (Å²) in [7, 11) is 0. The van der Waals surface area contributed by atoms with Crippen molar-refractivity contribution >= 4 is 16.8 Å². The molecule has 1 unspecified atom stereocenters. The van der Waals surface area contributed by atoms with Gasteiger partial charge < -0.3 is 9.47 Å². The van der Waals surface area contributed by atoms with Crippen molar-refractivity contribution in [3.8, 4) is 11.3 Å². The molecule has 1 amide bonds. The van der Waals surface area contributed by atoms with E-state index in [0.29, 0.717) is 18.2 Å². The van der Waals surface area contributed by atoms with Gasteiger partial charge in [-0.1, -0.05) is 12.1 Å². The van der Waals surface area contributed by atoms with Gasteiger partial charge in [-0.15, -0.1) is 0 Å². The van der Waals surface area contributed by atoms with Crippen LogP contribution in [0.4, 0.5) is 0 Å². The molecule has 0 aliphatic carbocycles. The van der Waals surface area contributed by atoms with Crippen LogP contribution in [0.3, 0.4) is 0 Å². The van der Waals surface area contributed by atoms with Crippen LogP contribution in [0.2, 0.25) is 0 Å². The van der Waals surface area contributed by atoms with Crippen molar-refractivity contribution in [3.63, 3.8) is 0 Å². The second kappa shape index (κ2) is 6.88. The SMILES string of the molecule is O=C(c1ccc(-c2nccc3ncccc23)cc1)N1CCC(n2ccnc2)C1. The molecule has 28 heavy (non-hydrogen) atoms. The Morgan fingerprint density at radius 3 is 2.71 bits per heavy atom. The Labute approximate surface area is 162 Å². The summed E-state index contributed by atoms with van der Waals surface area (Å²) in [5.74, 6) is 0.0710. The molecule has 0 spiro atoms. The van der Waals surface area contributed by atoms with Gasteiger partial charge in [0.1, 0.15) is 0 Å². The van der Waals surface area contributed by atoms with Gasteiger partial charge in [0.05, 0.1) is 23.6 Å². The molecule has 3 aromatic heterocycles. The van der Waals surface area contributed by atoms with Crippen LogP contribution >= 0.6 is 0 Å². The first-order valence-corrected chi connectivity index (χ1v) is 9.36. The quantitative estimate of drug-likeness (QED) is 0.554. The van der Waals surface area contributed by atoms with Crippen LogP contribution in [0.15, 0.2) is 73.6 Å². The Balaban J connectivity index is 1.37. The van der Waals surface area contributed by atoms with Crippen molar-refractivity contribution in [1.29, 1.82) is 0 Å². The van der Waals surface area contributed by atoms with E-state index < -0.39 is 0 Å². The van der Waals surface area contributed by atoms with Gasteiger partial charge in [-0.25, -0.2) is 4.98 Å². The summed E-state index contributed by atoms with van der Waals surface area (Å²) in [5, 5.41) is 1.01. The van der Waals surface area contributed by atoms with Gasteiger partial charge in [0.15, 0.2) is 0 Å². The molecule has 1 atom stereocenters. The van der Waals surface area contributed by atoms with E-state index in [0.717, 1.165) is 35.1 Å². The lowest BCUT2D eigenvalue weighted by Gasteiger charge is -2.17. The maximum atomic E-state index is 12.9. The van der Waals surface area contributed by atoms with Gasteiger partial charge in [0.2, 0.25) is 0 Å². The molecule has 1 fully saturated rings. The number of benzene rings is 1. The molecular formula is C22H19N5O. The molecule has 0 N–H and O–H groups in total. The van der Waals surface area contributed by atoms with Crippen molar-refractivity contribution < 1.29 is 4.79 Å². The molecule has 6 nitrogen and oxygen atoms in total. The highest BCUT2D eigenvalue weighted by Gasteiger charge is 2.27. The monoisotopic (exact) mass is 369 g/mol. The smallest absolute Gasteiger partial charge is 0.253 e. The summed E-state index contributed by atoms with van der Waals surface area (Å²) in [6.45, 7) is 1.48. The molecule has 1 aliphatic heterocycles. The third kappa shape index (κ3) is 2.93. The molecule has 138 valence electrons. The number of rotatable bonds is 3. The van der Waals surface area contributed by atoms with Gasteiger partial charge in [-0.3, -0.25) is 14.8 Å². The third-order valence-corrected chi connectivity index (χ3v) is 5.33. The first-order valence-electron chi connectivity index (χ1n) is 9.36. The Kier molecular flexibility index (Phi) is 4.09. The number of carbonyl (C=O) groups excluding carboxylic acids is 1. The summed E-state index contributed by atoms with van der Waals surface area (Å²) in [5.41, 5.74) is 3.47. The second-order valence-corrected chi connectivity index (χ2v) is 7.01. The minimum Gasteiger partial charge on any atom is -0.336 e. The third-order valence-electron chi connectivity index (χ3n) is 5.33. The Morgan fingerprint density at radius 2 is 1.89 bits per heavy atom. The minimum atomic E-state index is 0.0710. The summed E-state index contributed by atoms with van der Waals surface area (Å²) in [6.07, 6.45) is 10.1. The van der Waals surface area contributed by atoms with Crippen LogP contribution in [0.5, 0.6) is 0 Å². The van der Waals surface area contributed by atoms with E-state index in [-0.39, 0.29) is 5.91 Å². The maximum absolute atomic E-state index is 12.9. The van der Waals surface area contributed by atoms with Gasteiger partial charge >= 0.3 is 0 Å². The number of imidazole rings is 1. The molecule has 0 bridgehead atoms. The average Bonchev–Trinajstić information content (AvgIpc) is 3.45. The average molecular weight is 369 g/mol. The van der Waals surface area contributed by atoms with Crippen molar-refractivity contribution in [2.75, 3.05) is 13.1 Å². The lowest BCUT2D eigenvalue weighted by atomic mass is 10.0. The molecule has 1 aromatic carbocycles. The number of hydrogen-bond donors (Lipinski definition) is 0. The number of carbonyl (C=O) groups is 1. The van der Waals surface area contributed by atoms with Crippen LogP contribution in [-0.4, -0.2) is 43.4 Å². The van der Waals surface area contributed by atoms with E-state index in [1.165, 1.54) is 0 Å². The molecule has 0 saturated carbocycles. The molecule has 0 radical (unpaired) electrons. The van der Waals surface area contributed by atoms with E-state index in [1.54, 1.807) is 18.6 Å². The van der Waals surface area contributed by atoms with Crippen LogP contribution < -0.4 is 0 Å². The standard InChI is InChI=1S/C22H19N5O/c28-22(26-12-8-18(14-26)27-13-11-23-15-27)17-5-3-16(4-6-17)21-19-2-1-9-24-20(19)7-10-25-21/h1-7,9-11,13,15,18H,8,12,14H2. The van der Waals surface area contributed by atoms with E-state index in [1.807, 2.05) is 59.9 Å². The number of aromatic nitrogens is 4. The van der Waals surface area contributed by atoms with Crippen LogP contribution in [-0.2, 0) is 0 Å². The summed E-state index contributed by atoms with van der Waals surface area (Å²) >= 11 is 0. The molecule has 1 aliphatic rings. The van der Waals surface area contributed by atoms with E-state index in [2.05, 4.69) is 19.5 Å². The highest BCUT2D eigenvalue weighted by atomic mass is 16.2. The number of pyridine rings is 2. The molecule has 1 saturated heterocycles. The van der Waals surface area contributed by atoms with Gasteiger partial charge in [-0.05, 0) is 36.8 Å². The van der Waals surface area contributed by atoms with E-state index in [9.17, 15) is 4.79 Å². The molecule has 5 rings (SSSR count). The summed E-state index contributed by atoms with van der Waals surface area (Å²) in [4.78, 5) is 27.8. The summed E-state index contributed by atoms with van der Waals surface area (Å²) < 4.78 is 2.08. The van der Waals surface area contributed by atoms with Gasteiger partial charge in [0.25, 0.3) is 5.91 Å². The van der Waals surface area contributed by atoms with Crippen molar-refractivity contribution in [2.24, 2.45) is 0 Å². The topological polar surface area (TPSA) is 63.9 Å². The fourth-order valence-corrected chi connectivity index (χ4v) is 3.84. The number of hydrogen-bond acceptors (Lipinski definition) is 4. The first kappa shape index (κ1) is 16.6. The van der Waals surface area contributed by atoms with Gasteiger partial charge in [0, 0.05) is 54.4 Å². The van der Waals surface area contributed by atoms with E-state index >= 15 is 0 Å². The number of amides is 1. The predicted octanol–water partition coefficient (Wildman–Crippen LogP) is 3.58. The fraction of sp³-hybridized carbons (Fsp3) is 0.182. The Morgan fingerprint density at radius 1 is 1.00 bits per heavy atom. The molecule has 6 heteroatoms. The van der Waals surface area contributed by atoms with Crippen molar-refractivity contribution in [3.05, 3.63) is 79.1 Å². The number of nitrogens with zero attached hydrogens (tertiary/aromatic N) is 5. The second-order valence-electron chi connectivity index (χ2n) is 7.01. The Hall–Kier alpha value is -3.54. The van der Waals surface area contributed by atoms with Crippen LogP contribution in [0.1, 0.15) is 22.8 Å². The lowest BCUT2D eigenvalue weighted by molar-refractivity contribution is 0.0787. The highest BCUT2D eigenvalue weighted by molar-refractivity contribution is 5.96. The predicted molar refractivity (Wildman–Crippen MR) is 107 cm³/mol. The Bertz CT molecular complexity index is 1120. The zero-order valence-electron chi connectivity index (χ0n) is 15.3. The van der Waals surface area contributed by atoms with Crippen molar-refractivity contribution in [2.45, 2.75) is 12.5 Å². The highest BCUT2D eigenvalue weighted by Crippen LogP contribution is 2.27. The maximum Gasteiger partial charge on any atom is 0.253 e. The lowest BCUT2D eigenvalue weighted by Crippen LogP contribution is -2.29. The van der Waals surface area contributed by atoms with Crippen molar-refractivity contribution in [1.82, 2.24) is 24.4 Å². The zero-order chi connectivity index (χ0) is 18.9. The normalized spacial score (nSPS) is 16.6. The van der Waals surface area contributed by atoms with Gasteiger partial charge in [-0.2, -0.15) is 0 Å². The number of likely N-dealkylation sites (tertiary alicyclic amines) is 1. The van der Waals surface area contributed by atoms with Crippen LogP contribution in [0.25, 0.3) is 22.2 Å². The summed E-state index contributed by atoms with van der Waals surface area (Å²) in [6, 6.07) is 13.8. The fourth-order valence-electron chi connectivity index (χ4n) is 3.84.